The van der Waals surface area contributed by atoms with Crippen LogP contribution in [0.2, 0.25) is 0 Å². The fraction of sp³-hybridized carbons (Fsp3) is 0.0435. The highest BCUT2D eigenvalue weighted by molar-refractivity contribution is 7.09. The molecule has 0 spiro atoms. The molecule has 11 heteroatoms. The summed E-state index contributed by atoms with van der Waals surface area (Å²) in [5, 5.41) is 18.0. The van der Waals surface area contributed by atoms with E-state index < -0.39 is 0 Å². The first-order chi connectivity index (χ1) is 16.6. The zero-order valence-corrected chi connectivity index (χ0v) is 18.8. The maximum atomic E-state index is 12.5. The van der Waals surface area contributed by atoms with Crippen molar-refractivity contribution >= 4 is 56.9 Å². The number of aromatic amines is 1. The van der Waals surface area contributed by atoms with Gasteiger partial charge in [-0.15, -0.1) is 0 Å². The predicted octanol–water partition coefficient (Wildman–Crippen LogP) is 4.51. The van der Waals surface area contributed by atoms with Crippen molar-refractivity contribution in [2.75, 3.05) is 23.0 Å². The summed E-state index contributed by atoms with van der Waals surface area (Å²) in [7, 11) is 1.82. The topological polar surface area (TPSA) is 144 Å². The summed E-state index contributed by atoms with van der Waals surface area (Å²) < 4.78 is 3.88. The van der Waals surface area contributed by atoms with Gasteiger partial charge < -0.3 is 21.0 Å². The molecular weight excluding hydrogens is 450 g/mol. The average molecular weight is 470 g/mol. The number of carbonyl (C=O) groups is 1. The Hall–Kier alpha value is -4.64. The number of amides is 1. The van der Waals surface area contributed by atoms with Gasteiger partial charge in [-0.25, -0.2) is 15.0 Å². The Morgan fingerprint density at radius 2 is 2.03 bits per heavy atom. The lowest BCUT2D eigenvalue weighted by atomic mass is 10.1. The van der Waals surface area contributed by atoms with Crippen molar-refractivity contribution in [1.29, 1.82) is 5.41 Å². The van der Waals surface area contributed by atoms with Crippen LogP contribution >= 0.6 is 11.5 Å². The molecule has 5 rings (SSSR count). The molecule has 2 aromatic carbocycles. The molecule has 0 bridgehead atoms. The lowest BCUT2D eigenvalue weighted by Gasteiger charge is -2.10. The summed E-state index contributed by atoms with van der Waals surface area (Å²) in [6.07, 6.45) is 4.38. The number of fused-ring (bicyclic) bond motifs is 1. The van der Waals surface area contributed by atoms with E-state index in [0.29, 0.717) is 22.5 Å². The van der Waals surface area contributed by atoms with E-state index in [2.05, 4.69) is 40.3 Å². The zero-order chi connectivity index (χ0) is 23.5. The first kappa shape index (κ1) is 21.2. The first-order valence-electron chi connectivity index (χ1n) is 10.3. The highest BCUT2D eigenvalue weighted by Crippen LogP contribution is 2.25. The minimum atomic E-state index is -0.287. The smallest absolute Gasteiger partial charge is 0.273 e. The minimum absolute atomic E-state index is 0.287. The lowest BCUT2D eigenvalue weighted by molar-refractivity contribution is 0.102. The Morgan fingerprint density at radius 3 is 2.82 bits per heavy atom. The maximum Gasteiger partial charge on any atom is 0.273 e. The summed E-state index contributed by atoms with van der Waals surface area (Å²) in [4.78, 5) is 28.6. The molecule has 0 atom stereocenters. The van der Waals surface area contributed by atoms with Crippen LogP contribution < -0.4 is 16.0 Å². The second kappa shape index (κ2) is 9.08. The highest BCUT2D eigenvalue weighted by atomic mass is 32.1. The Balaban J connectivity index is 1.39. The van der Waals surface area contributed by atoms with Crippen molar-refractivity contribution in [2.24, 2.45) is 0 Å². The highest BCUT2D eigenvalue weighted by Gasteiger charge is 2.13. The van der Waals surface area contributed by atoms with Crippen molar-refractivity contribution < 1.29 is 4.79 Å². The lowest BCUT2D eigenvalue weighted by Crippen LogP contribution is -2.11. The summed E-state index contributed by atoms with van der Waals surface area (Å²) in [6, 6.07) is 15.0. The number of rotatable bonds is 7. The van der Waals surface area contributed by atoms with Gasteiger partial charge in [-0.1, -0.05) is 12.1 Å². The summed E-state index contributed by atoms with van der Waals surface area (Å²) in [5.74, 6) is 0.882. The van der Waals surface area contributed by atoms with Crippen LogP contribution in [0.3, 0.4) is 0 Å². The van der Waals surface area contributed by atoms with E-state index in [4.69, 9.17) is 5.41 Å². The monoisotopic (exact) mass is 469 g/mol. The molecule has 0 unspecified atom stereocenters. The van der Waals surface area contributed by atoms with Crippen LogP contribution in [0.1, 0.15) is 16.1 Å². The van der Waals surface area contributed by atoms with Gasteiger partial charge >= 0.3 is 0 Å². The number of hydrogen-bond donors (Lipinski definition) is 5. The minimum Gasteiger partial charge on any atom is -0.388 e. The third-order valence-corrected chi connectivity index (χ3v) is 5.69. The second-order valence-electron chi connectivity index (χ2n) is 7.27. The number of benzene rings is 2. The number of carbonyl (C=O) groups excluding carboxylic acids is 1. The third kappa shape index (κ3) is 4.32. The van der Waals surface area contributed by atoms with Crippen molar-refractivity contribution in [1.82, 2.24) is 24.3 Å². The number of H-pyrrole nitrogens is 1. The predicted molar refractivity (Wildman–Crippen MR) is 134 cm³/mol. The molecule has 0 saturated carbocycles. The van der Waals surface area contributed by atoms with Crippen molar-refractivity contribution in [3.63, 3.8) is 0 Å². The SMILES string of the molecule is CNc1ccc(Nc2ccnc(-c3ccc4cc(C(=O)Nc5ncns5)[nH]c4c3)n2)cc1C=N. The van der Waals surface area contributed by atoms with Gasteiger partial charge in [0.25, 0.3) is 5.91 Å². The van der Waals surface area contributed by atoms with Crippen LogP contribution in [0, 0.1) is 5.41 Å². The molecule has 0 aliphatic heterocycles. The maximum absolute atomic E-state index is 12.5. The molecule has 5 N–H and O–H groups in total. The normalized spacial score (nSPS) is 10.7. The summed E-state index contributed by atoms with van der Waals surface area (Å²) >= 11 is 1.11. The van der Waals surface area contributed by atoms with Crippen molar-refractivity contribution in [3.05, 3.63) is 72.3 Å². The van der Waals surface area contributed by atoms with Crippen LogP contribution in [0.4, 0.5) is 22.3 Å². The van der Waals surface area contributed by atoms with E-state index in [1.165, 1.54) is 12.5 Å². The van der Waals surface area contributed by atoms with Crippen LogP contribution in [0.15, 0.2) is 61.1 Å². The Kier molecular flexibility index (Phi) is 5.67. The molecule has 0 aliphatic carbocycles. The van der Waals surface area contributed by atoms with Gasteiger partial charge in [-0.3, -0.25) is 10.1 Å². The van der Waals surface area contributed by atoms with Crippen LogP contribution in [-0.2, 0) is 0 Å². The number of hydrogen-bond acceptors (Lipinski definition) is 9. The number of anilines is 4. The fourth-order valence-corrected chi connectivity index (χ4v) is 3.91. The van der Waals surface area contributed by atoms with Crippen molar-refractivity contribution in [2.45, 2.75) is 0 Å². The van der Waals surface area contributed by atoms with E-state index in [9.17, 15) is 4.79 Å². The second-order valence-corrected chi connectivity index (χ2v) is 8.05. The van der Waals surface area contributed by atoms with Crippen molar-refractivity contribution in [3.8, 4) is 11.4 Å². The molecule has 168 valence electrons. The number of nitrogens with one attached hydrogen (secondary N) is 5. The molecule has 3 aromatic heterocycles. The average Bonchev–Trinajstić information content (AvgIpc) is 3.53. The number of nitrogens with zero attached hydrogens (tertiary/aromatic N) is 4. The van der Waals surface area contributed by atoms with Gasteiger partial charge in [0, 0.05) is 64.4 Å². The van der Waals surface area contributed by atoms with Gasteiger partial charge in [0.1, 0.15) is 17.8 Å². The quantitative estimate of drug-likeness (QED) is 0.221. The van der Waals surface area contributed by atoms with Crippen LogP contribution in [0.25, 0.3) is 22.3 Å². The van der Waals surface area contributed by atoms with E-state index >= 15 is 0 Å². The Bertz CT molecular complexity index is 1490. The standard InChI is InChI=1S/C23H19N9OS/c1-25-17-5-4-16(8-15(17)11-24)29-20-6-7-26-21(31-20)14-3-2-13-9-19(30-18(13)10-14)22(33)32-23-27-12-28-34-23/h2-12,24-25,30H,1H3,(H,26,29,31)(H,27,28,32,33). The first-order valence-corrected chi connectivity index (χ1v) is 11.0. The third-order valence-electron chi connectivity index (χ3n) is 5.11. The van der Waals surface area contributed by atoms with Gasteiger partial charge in [0.2, 0.25) is 5.13 Å². The zero-order valence-electron chi connectivity index (χ0n) is 18.0. The molecule has 34 heavy (non-hydrogen) atoms. The van der Waals surface area contributed by atoms with Crippen LogP contribution in [-0.4, -0.2) is 43.5 Å². The molecule has 0 aliphatic rings. The van der Waals surface area contributed by atoms with E-state index in [0.717, 1.165) is 44.9 Å². The van der Waals surface area contributed by atoms with Gasteiger partial charge in [0.05, 0.1) is 0 Å². The molecule has 0 radical (unpaired) electrons. The summed E-state index contributed by atoms with van der Waals surface area (Å²) in [6.45, 7) is 0. The van der Waals surface area contributed by atoms with Gasteiger partial charge in [0.15, 0.2) is 5.82 Å². The molecule has 10 nitrogen and oxygen atoms in total. The molecule has 3 heterocycles. The van der Waals surface area contributed by atoms with E-state index in [1.54, 1.807) is 18.3 Å². The Labute approximate surface area is 198 Å². The molecule has 5 aromatic rings. The van der Waals surface area contributed by atoms with Gasteiger partial charge in [-0.05, 0) is 36.4 Å². The van der Waals surface area contributed by atoms with Crippen LogP contribution in [0.5, 0.6) is 0 Å². The largest absolute Gasteiger partial charge is 0.388 e. The molecule has 0 fully saturated rings. The Morgan fingerprint density at radius 1 is 1.12 bits per heavy atom. The number of aromatic nitrogens is 5. The fourth-order valence-electron chi connectivity index (χ4n) is 3.48. The van der Waals surface area contributed by atoms with E-state index in [1.807, 2.05) is 43.4 Å². The van der Waals surface area contributed by atoms with Gasteiger partial charge in [-0.2, -0.15) is 4.37 Å². The molecule has 1 amide bonds. The molecule has 0 saturated heterocycles. The summed E-state index contributed by atoms with van der Waals surface area (Å²) in [5.41, 5.74) is 4.48. The van der Waals surface area contributed by atoms with E-state index in [-0.39, 0.29) is 5.91 Å². The molecular formula is C23H19N9OS.